The Kier molecular flexibility index (Phi) is 7.39. The molecule has 2 aliphatic heterocycles. The van der Waals surface area contributed by atoms with Crippen molar-refractivity contribution in [2.45, 2.75) is 64.3 Å². The predicted molar refractivity (Wildman–Crippen MR) is 159 cm³/mol. The van der Waals surface area contributed by atoms with Crippen LogP contribution in [0.25, 0.3) is 11.0 Å². The van der Waals surface area contributed by atoms with Crippen molar-refractivity contribution in [1.82, 2.24) is 15.1 Å². The molecule has 11 heteroatoms. The summed E-state index contributed by atoms with van der Waals surface area (Å²) in [6.45, 7) is 10.8. The van der Waals surface area contributed by atoms with Crippen molar-refractivity contribution in [1.29, 1.82) is 0 Å². The van der Waals surface area contributed by atoms with E-state index in [1.54, 1.807) is 33.2 Å². The van der Waals surface area contributed by atoms with Crippen molar-refractivity contribution in [3.8, 4) is 5.75 Å². The number of nitrogens with zero attached hydrogens (tertiary/aromatic N) is 2. The van der Waals surface area contributed by atoms with Crippen molar-refractivity contribution < 1.29 is 32.8 Å². The second kappa shape index (κ2) is 10.5. The number of benzene rings is 2. The van der Waals surface area contributed by atoms with Gasteiger partial charge in [0.2, 0.25) is 17.6 Å². The lowest BCUT2D eigenvalue weighted by Crippen LogP contribution is -2.63. The van der Waals surface area contributed by atoms with E-state index >= 15 is 0 Å². The Morgan fingerprint density at radius 1 is 1.02 bits per heavy atom. The molecule has 2 aromatic carbocycles. The monoisotopic (exact) mass is 575 g/mol. The van der Waals surface area contributed by atoms with Crippen molar-refractivity contribution in [2.24, 2.45) is 0 Å². The van der Waals surface area contributed by atoms with Crippen LogP contribution in [0.5, 0.6) is 5.75 Å². The molecule has 0 aliphatic carbocycles. The van der Waals surface area contributed by atoms with Gasteiger partial charge in [0.05, 0.1) is 22.6 Å². The third kappa shape index (κ3) is 5.05. The van der Waals surface area contributed by atoms with E-state index in [0.29, 0.717) is 11.0 Å². The molecule has 1 fully saturated rings. The fourth-order valence-electron chi connectivity index (χ4n) is 5.02. The lowest BCUT2D eigenvalue weighted by atomic mass is 9.79. The highest BCUT2D eigenvalue weighted by molar-refractivity contribution is 6.62. The Balaban J connectivity index is 1.49. The number of likely N-dealkylation sites (N-methyl/N-ethyl adjacent to an activating group) is 1. The number of hydrogen-bond acceptors (Lipinski definition) is 7. The van der Waals surface area contributed by atoms with E-state index in [9.17, 15) is 14.4 Å². The van der Waals surface area contributed by atoms with E-state index in [0.717, 1.165) is 11.0 Å². The average molecular weight is 575 g/mol. The summed E-state index contributed by atoms with van der Waals surface area (Å²) in [4.78, 5) is 43.5. The first-order valence-electron chi connectivity index (χ1n) is 14.1. The molecule has 1 saturated heterocycles. The van der Waals surface area contributed by atoms with Gasteiger partial charge in [0.1, 0.15) is 18.7 Å². The summed E-state index contributed by atoms with van der Waals surface area (Å²) in [5.41, 5.74) is -0.505. The highest BCUT2D eigenvalue weighted by atomic mass is 16.7. The van der Waals surface area contributed by atoms with Crippen molar-refractivity contribution in [2.75, 3.05) is 27.2 Å². The molecule has 42 heavy (non-hydrogen) atoms. The normalized spacial score (nSPS) is 21.9. The van der Waals surface area contributed by atoms with E-state index in [4.69, 9.17) is 18.5 Å². The van der Waals surface area contributed by atoms with Crippen LogP contribution in [-0.2, 0) is 18.9 Å². The van der Waals surface area contributed by atoms with Gasteiger partial charge in [-0.05, 0) is 64.7 Å². The molecule has 10 nitrogen and oxygen atoms in total. The van der Waals surface area contributed by atoms with Crippen LogP contribution in [-0.4, -0.2) is 78.6 Å². The number of rotatable bonds is 6. The van der Waals surface area contributed by atoms with Gasteiger partial charge in [-0.25, -0.2) is 0 Å². The zero-order chi connectivity index (χ0) is 30.6. The zero-order valence-corrected chi connectivity index (χ0v) is 25.4. The quantitative estimate of drug-likeness (QED) is 0.450. The summed E-state index contributed by atoms with van der Waals surface area (Å²) in [7, 11) is 2.58. The predicted octanol–water partition coefficient (Wildman–Crippen LogP) is 3.29. The molecule has 0 bridgehead atoms. The second-order valence-electron chi connectivity index (χ2n) is 12.5. The molecule has 2 aliphatic rings. The molecule has 3 aromatic rings. The molecule has 0 saturated carbocycles. The fraction of sp³-hybridized carbons (Fsp3) is 0.452. The summed E-state index contributed by atoms with van der Waals surface area (Å²) in [6, 6.07) is 14.6. The Bertz CT molecular complexity index is 1520. The van der Waals surface area contributed by atoms with Crippen LogP contribution < -0.4 is 15.5 Å². The van der Waals surface area contributed by atoms with Crippen LogP contribution in [0.1, 0.15) is 63.7 Å². The van der Waals surface area contributed by atoms with Gasteiger partial charge in [-0.2, -0.15) is 0 Å². The summed E-state index contributed by atoms with van der Waals surface area (Å²) in [5, 5.41) is 3.57. The molecule has 222 valence electrons. The van der Waals surface area contributed by atoms with Crippen LogP contribution in [0.2, 0.25) is 0 Å². The number of fused-ring (bicyclic) bond motifs is 3. The number of carbonyl (C=O) groups excluding carboxylic acids is 3. The van der Waals surface area contributed by atoms with Gasteiger partial charge in [0.25, 0.3) is 5.91 Å². The van der Waals surface area contributed by atoms with Crippen LogP contribution in [0.4, 0.5) is 0 Å². The van der Waals surface area contributed by atoms with Crippen molar-refractivity contribution >= 4 is 41.3 Å². The molecule has 1 unspecified atom stereocenters. The van der Waals surface area contributed by atoms with E-state index in [1.807, 2.05) is 71.0 Å². The van der Waals surface area contributed by atoms with Gasteiger partial charge in [0.15, 0.2) is 11.3 Å². The Morgan fingerprint density at radius 2 is 1.67 bits per heavy atom. The highest BCUT2D eigenvalue weighted by Crippen LogP contribution is 2.40. The third-order valence-electron chi connectivity index (χ3n) is 8.66. The van der Waals surface area contributed by atoms with E-state index in [2.05, 4.69) is 5.32 Å². The highest BCUT2D eigenvalue weighted by Gasteiger charge is 2.52. The number of furan rings is 1. The Morgan fingerprint density at radius 3 is 2.29 bits per heavy atom. The standard InChI is InChI=1S/C31H38BN3O7/c1-19(20-12-10-9-11-13-20)33-28(38)31(6)18-39-25-22-15-14-21(32-41-29(2,3)30(4,5)42-32)16-23(22)40-26(25)27(37)35(31)17-24(36)34(7)8/h9-16,19H,17-18H2,1-8H3,(H,33,38)/t19?,31-/m1/s1. The van der Waals surface area contributed by atoms with Gasteiger partial charge in [-0.1, -0.05) is 36.4 Å². The fourth-order valence-corrected chi connectivity index (χ4v) is 5.02. The molecule has 3 amide bonds. The minimum atomic E-state index is -1.51. The molecular weight excluding hydrogens is 537 g/mol. The van der Waals surface area contributed by atoms with Gasteiger partial charge < -0.3 is 33.6 Å². The first kappa shape index (κ1) is 29.7. The van der Waals surface area contributed by atoms with Crippen LogP contribution >= 0.6 is 0 Å². The molecule has 0 radical (unpaired) electrons. The first-order valence-corrected chi connectivity index (χ1v) is 14.1. The molecule has 1 N–H and O–H groups in total. The number of hydrogen-bond donors (Lipinski definition) is 1. The van der Waals surface area contributed by atoms with Gasteiger partial charge >= 0.3 is 7.12 Å². The van der Waals surface area contributed by atoms with Crippen molar-refractivity contribution in [3.63, 3.8) is 0 Å². The summed E-state index contributed by atoms with van der Waals surface area (Å²) < 4.78 is 24.7. The summed E-state index contributed by atoms with van der Waals surface area (Å²) in [6.07, 6.45) is 0. The average Bonchev–Trinajstić information content (AvgIpc) is 3.38. The Labute approximate surface area is 246 Å². The number of carbonyl (C=O) groups is 3. The molecular formula is C31H38BN3O7. The number of ether oxygens (including phenoxy) is 1. The van der Waals surface area contributed by atoms with Gasteiger partial charge in [0, 0.05) is 14.1 Å². The minimum absolute atomic E-state index is 0.0738. The lowest BCUT2D eigenvalue weighted by Gasteiger charge is -2.38. The zero-order valence-electron chi connectivity index (χ0n) is 25.4. The SMILES string of the molecule is CC(NC(=O)[C@@]1(C)COc2c(oc3cc(B4OC(C)(C)C(C)(C)O4)ccc23)C(=O)N1CC(=O)N(C)C)c1ccccc1. The first-order chi connectivity index (χ1) is 19.6. The summed E-state index contributed by atoms with van der Waals surface area (Å²) >= 11 is 0. The Hall–Kier alpha value is -3.83. The second-order valence-corrected chi connectivity index (χ2v) is 12.5. The molecule has 3 heterocycles. The topological polar surface area (TPSA) is 111 Å². The number of nitrogens with one attached hydrogen (secondary N) is 1. The maximum atomic E-state index is 14.1. The maximum Gasteiger partial charge on any atom is 0.494 e. The molecule has 1 aromatic heterocycles. The maximum absolute atomic E-state index is 14.1. The van der Waals surface area contributed by atoms with Crippen LogP contribution in [0.3, 0.4) is 0 Å². The molecule has 5 rings (SSSR count). The lowest BCUT2D eigenvalue weighted by molar-refractivity contribution is -0.137. The number of amides is 3. The third-order valence-corrected chi connectivity index (χ3v) is 8.66. The van der Waals surface area contributed by atoms with E-state index in [-0.39, 0.29) is 36.6 Å². The molecule has 2 atom stereocenters. The minimum Gasteiger partial charge on any atom is -0.486 e. The molecule has 0 spiro atoms. The van der Waals surface area contributed by atoms with E-state index < -0.39 is 35.7 Å². The smallest absolute Gasteiger partial charge is 0.486 e. The van der Waals surface area contributed by atoms with Crippen LogP contribution in [0.15, 0.2) is 52.9 Å². The van der Waals surface area contributed by atoms with Crippen molar-refractivity contribution in [3.05, 3.63) is 59.9 Å². The van der Waals surface area contributed by atoms with Gasteiger partial charge in [-0.15, -0.1) is 0 Å². The van der Waals surface area contributed by atoms with Gasteiger partial charge in [-0.3, -0.25) is 14.4 Å². The van der Waals surface area contributed by atoms with Crippen LogP contribution in [0, 0.1) is 0 Å². The van der Waals surface area contributed by atoms with E-state index in [1.165, 1.54) is 9.80 Å². The largest absolute Gasteiger partial charge is 0.494 e. The summed E-state index contributed by atoms with van der Waals surface area (Å²) in [5.74, 6) is -1.26.